The molecule has 0 bridgehead atoms. The molecule has 0 radical (unpaired) electrons. The van der Waals surface area contributed by atoms with Gasteiger partial charge >= 0.3 is 5.97 Å². The van der Waals surface area contributed by atoms with E-state index in [-0.39, 0.29) is 18.2 Å². The highest BCUT2D eigenvalue weighted by atomic mass is 35.5. The third-order valence-electron chi connectivity index (χ3n) is 2.80. The van der Waals surface area contributed by atoms with Crippen molar-refractivity contribution >= 4 is 35.1 Å². The van der Waals surface area contributed by atoms with Crippen molar-refractivity contribution in [2.45, 2.75) is 26.3 Å². The average Bonchev–Trinajstić information content (AvgIpc) is 2.40. The maximum absolute atomic E-state index is 11.8. The fourth-order valence-electron chi connectivity index (χ4n) is 1.61. The van der Waals surface area contributed by atoms with Gasteiger partial charge in [-0.25, -0.2) is 4.79 Å². The predicted octanol–water partition coefficient (Wildman–Crippen LogP) is 2.85. The Morgan fingerprint density at radius 3 is 2.25 bits per heavy atom. The summed E-state index contributed by atoms with van der Waals surface area (Å²) in [6, 6.07) is 4.27. The first-order chi connectivity index (χ1) is 9.36. The van der Waals surface area contributed by atoms with Crippen LogP contribution in [0.25, 0.3) is 0 Å². The van der Waals surface area contributed by atoms with E-state index >= 15 is 0 Å². The molecular formula is C14H17Cl2NO3. The second kappa shape index (κ2) is 7.50. The third-order valence-corrected chi connectivity index (χ3v) is 3.50. The van der Waals surface area contributed by atoms with E-state index in [0.717, 1.165) is 0 Å². The summed E-state index contributed by atoms with van der Waals surface area (Å²) in [5.74, 6) is -0.998. The molecule has 0 spiro atoms. The Hall–Kier alpha value is -1.26. The van der Waals surface area contributed by atoms with E-state index < -0.39 is 12.0 Å². The summed E-state index contributed by atoms with van der Waals surface area (Å²) in [4.78, 5) is 23.5. The topological polar surface area (TPSA) is 55.4 Å². The number of benzene rings is 1. The van der Waals surface area contributed by atoms with Crippen molar-refractivity contribution in [1.29, 1.82) is 0 Å². The van der Waals surface area contributed by atoms with Crippen molar-refractivity contribution in [3.8, 4) is 0 Å². The number of rotatable bonds is 5. The molecule has 1 rings (SSSR count). The van der Waals surface area contributed by atoms with Gasteiger partial charge in [0.1, 0.15) is 6.04 Å². The van der Waals surface area contributed by atoms with Gasteiger partial charge in [-0.15, -0.1) is 0 Å². The minimum absolute atomic E-state index is 0.184. The number of hydrogen-bond acceptors (Lipinski definition) is 3. The second-order valence-corrected chi connectivity index (χ2v) is 5.46. The van der Waals surface area contributed by atoms with E-state index in [9.17, 15) is 9.59 Å². The molecule has 1 atom stereocenters. The number of hydrogen-bond donors (Lipinski definition) is 1. The fourth-order valence-corrected chi connectivity index (χ4v) is 2.16. The molecule has 0 aliphatic heterocycles. The van der Waals surface area contributed by atoms with Crippen LogP contribution in [0.1, 0.15) is 19.4 Å². The molecule has 0 aliphatic carbocycles. The van der Waals surface area contributed by atoms with E-state index in [0.29, 0.717) is 15.6 Å². The number of carbonyl (C=O) groups excluding carboxylic acids is 2. The SMILES string of the molecule is COC(=O)[C@@H](Cc1c(Cl)cccc1Cl)NC(=O)C(C)C. The smallest absolute Gasteiger partial charge is 0.328 e. The Labute approximate surface area is 128 Å². The van der Waals surface area contributed by atoms with E-state index in [4.69, 9.17) is 27.9 Å². The molecule has 0 unspecified atom stereocenters. The lowest BCUT2D eigenvalue weighted by Crippen LogP contribution is -2.44. The van der Waals surface area contributed by atoms with Crippen LogP contribution in [0.3, 0.4) is 0 Å². The number of halogens is 2. The molecule has 1 aromatic carbocycles. The van der Waals surface area contributed by atoms with Crippen LogP contribution in [-0.2, 0) is 20.7 Å². The first-order valence-electron chi connectivity index (χ1n) is 6.18. The number of esters is 1. The van der Waals surface area contributed by atoms with Gasteiger partial charge in [-0.3, -0.25) is 4.79 Å². The minimum atomic E-state index is -0.813. The van der Waals surface area contributed by atoms with Gasteiger partial charge in [0.25, 0.3) is 0 Å². The molecule has 1 amide bonds. The molecule has 0 aliphatic rings. The fraction of sp³-hybridized carbons (Fsp3) is 0.429. The summed E-state index contributed by atoms with van der Waals surface area (Å²) in [6.45, 7) is 3.48. The van der Waals surface area contributed by atoms with Crippen molar-refractivity contribution in [2.75, 3.05) is 7.11 Å². The molecule has 0 fully saturated rings. The monoisotopic (exact) mass is 317 g/mol. The normalized spacial score (nSPS) is 12.1. The van der Waals surface area contributed by atoms with E-state index in [2.05, 4.69) is 5.32 Å². The predicted molar refractivity (Wildman–Crippen MR) is 79.0 cm³/mol. The number of methoxy groups -OCH3 is 1. The van der Waals surface area contributed by atoms with E-state index in [1.54, 1.807) is 32.0 Å². The molecule has 0 saturated carbocycles. The zero-order chi connectivity index (χ0) is 15.3. The highest BCUT2D eigenvalue weighted by Gasteiger charge is 2.24. The summed E-state index contributed by atoms with van der Waals surface area (Å²) < 4.78 is 4.71. The lowest BCUT2D eigenvalue weighted by atomic mass is 10.0. The van der Waals surface area contributed by atoms with Crippen LogP contribution < -0.4 is 5.32 Å². The van der Waals surface area contributed by atoms with Gasteiger partial charge < -0.3 is 10.1 Å². The second-order valence-electron chi connectivity index (χ2n) is 4.64. The van der Waals surface area contributed by atoms with Crippen LogP contribution in [-0.4, -0.2) is 25.0 Å². The largest absolute Gasteiger partial charge is 0.467 e. The van der Waals surface area contributed by atoms with E-state index in [1.165, 1.54) is 7.11 Å². The Bertz CT molecular complexity index is 483. The minimum Gasteiger partial charge on any atom is -0.467 e. The Balaban J connectivity index is 2.96. The van der Waals surface area contributed by atoms with Gasteiger partial charge in [0, 0.05) is 22.4 Å². The molecule has 6 heteroatoms. The maximum atomic E-state index is 11.8. The van der Waals surface area contributed by atoms with Crippen LogP contribution in [0.2, 0.25) is 10.0 Å². The van der Waals surface area contributed by atoms with Crippen LogP contribution in [0.4, 0.5) is 0 Å². The van der Waals surface area contributed by atoms with Gasteiger partial charge in [0.15, 0.2) is 0 Å². The molecule has 1 N–H and O–H groups in total. The zero-order valence-corrected chi connectivity index (χ0v) is 13.1. The van der Waals surface area contributed by atoms with Crippen molar-refractivity contribution in [1.82, 2.24) is 5.32 Å². The average molecular weight is 318 g/mol. The first-order valence-corrected chi connectivity index (χ1v) is 6.93. The lowest BCUT2D eigenvalue weighted by Gasteiger charge is -2.19. The highest BCUT2D eigenvalue weighted by molar-refractivity contribution is 6.36. The molecule has 1 aromatic rings. The molecule has 0 heterocycles. The van der Waals surface area contributed by atoms with Crippen molar-refractivity contribution in [2.24, 2.45) is 5.92 Å². The summed E-state index contributed by atoms with van der Waals surface area (Å²) in [7, 11) is 1.27. The van der Waals surface area contributed by atoms with Crippen LogP contribution in [0, 0.1) is 5.92 Å². The molecule has 0 saturated heterocycles. The van der Waals surface area contributed by atoms with Crippen LogP contribution in [0.15, 0.2) is 18.2 Å². The van der Waals surface area contributed by atoms with Crippen molar-refractivity contribution in [3.05, 3.63) is 33.8 Å². The van der Waals surface area contributed by atoms with Crippen LogP contribution >= 0.6 is 23.2 Å². The van der Waals surface area contributed by atoms with E-state index in [1.807, 2.05) is 0 Å². The van der Waals surface area contributed by atoms with Crippen LogP contribution in [0.5, 0.6) is 0 Å². The summed E-state index contributed by atoms with van der Waals surface area (Å²) >= 11 is 12.1. The summed E-state index contributed by atoms with van der Waals surface area (Å²) in [5.41, 5.74) is 0.607. The Morgan fingerprint density at radius 2 is 1.80 bits per heavy atom. The Morgan fingerprint density at radius 1 is 1.25 bits per heavy atom. The third kappa shape index (κ3) is 4.39. The van der Waals surface area contributed by atoms with Gasteiger partial charge in [-0.1, -0.05) is 43.1 Å². The number of ether oxygens (including phenoxy) is 1. The van der Waals surface area contributed by atoms with Crippen molar-refractivity contribution < 1.29 is 14.3 Å². The molecule has 20 heavy (non-hydrogen) atoms. The zero-order valence-electron chi connectivity index (χ0n) is 11.6. The molecule has 0 aromatic heterocycles. The molecule has 110 valence electrons. The van der Waals surface area contributed by atoms with Crippen molar-refractivity contribution in [3.63, 3.8) is 0 Å². The van der Waals surface area contributed by atoms with Gasteiger partial charge in [0.05, 0.1) is 7.11 Å². The highest BCUT2D eigenvalue weighted by Crippen LogP contribution is 2.25. The summed E-state index contributed by atoms with van der Waals surface area (Å²) in [5, 5.41) is 3.54. The molecule has 4 nitrogen and oxygen atoms in total. The maximum Gasteiger partial charge on any atom is 0.328 e. The first kappa shape index (κ1) is 16.8. The number of nitrogens with one attached hydrogen (secondary N) is 1. The lowest BCUT2D eigenvalue weighted by molar-refractivity contribution is -0.145. The quantitative estimate of drug-likeness (QED) is 0.850. The number of amides is 1. The van der Waals surface area contributed by atoms with Gasteiger partial charge in [0.2, 0.25) is 5.91 Å². The standard InChI is InChI=1S/C14H17Cl2NO3/c1-8(2)13(18)17-12(14(19)20-3)7-9-10(15)5-4-6-11(9)16/h4-6,8,12H,7H2,1-3H3,(H,17,18)/t12-/m1/s1. The number of carbonyl (C=O) groups is 2. The summed E-state index contributed by atoms with van der Waals surface area (Å²) in [6.07, 6.45) is 0.184. The Kier molecular flexibility index (Phi) is 6.30. The molecular weight excluding hydrogens is 301 g/mol. The van der Waals surface area contributed by atoms with Gasteiger partial charge in [-0.05, 0) is 17.7 Å². The van der Waals surface area contributed by atoms with Gasteiger partial charge in [-0.2, -0.15) is 0 Å².